The van der Waals surface area contributed by atoms with E-state index in [0.29, 0.717) is 24.7 Å². The molecule has 2 aromatic rings. The van der Waals surface area contributed by atoms with Gasteiger partial charge in [-0.3, -0.25) is 0 Å². The van der Waals surface area contributed by atoms with E-state index in [1.54, 1.807) is 7.11 Å². The first kappa shape index (κ1) is 15.5. The van der Waals surface area contributed by atoms with Crippen LogP contribution in [0, 0.1) is 0 Å². The number of methoxy groups -OCH3 is 1. The standard InChI is InChI=1S/C15H22N4O2/c1-19(2)10-13(16)15-17-14(21-18-15)9-6-11-4-7-12(20-3)8-5-11/h4-5,7-8,13H,6,9-10,16H2,1-3H3. The Kier molecular flexibility index (Phi) is 5.30. The van der Waals surface area contributed by atoms with Crippen LogP contribution in [0.3, 0.4) is 0 Å². The van der Waals surface area contributed by atoms with Crippen LogP contribution in [0.2, 0.25) is 0 Å². The molecule has 0 aliphatic rings. The highest BCUT2D eigenvalue weighted by molar-refractivity contribution is 5.27. The summed E-state index contributed by atoms with van der Waals surface area (Å²) in [6.45, 7) is 0.692. The van der Waals surface area contributed by atoms with E-state index in [-0.39, 0.29) is 6.04 Å². The number of likely N-dealkylation sites (N-methyl/N-ethyl adjacent to an activating group) is 1. The number of aryl methyl sites for hydroxylation is 2. The van der Waals surface area contributed by atoms with Crippen LogP contribution >= 0.6 is 0 Å². The average Bonchev–Trinajstić information content (AvgIpc) is 2.94. The van der Waals surface area contributed by atoms with Crippen molar-refractivity contribution in [2.45, 2.75) is 18.9 Å². The number of rotatable bonds is 7. The molecule has 1 heterocycles. The minimum Gasteiger partial charge on any atom is -0.497 e. The second-order valence-electron chi connectivity index (χ2n) is 5.26. The maximum Gasteiger partial charge on any atom is 0.227 e. The van der Waals surface area contributed by atoms with Gasteiger partial charge in [0.2, 0.25) is 5.89 Å². The molecule has 0 aliphatic carbocycles. The number of nitrogens with two attached hydrogens (primary N) is 1. The zero-order valence-corrected chi connectivity index (χ0v) is 12.7. The van der Waals surface area contributed by atoms with Crippen molar-refractivity contribution in [2.24, 2.45) is 5.73 Å². The van der Waals surface area contributed by atoms with Gasteiger partial charge in [-0.1, -0.05) is 17.3 Å². The summed E-state index contributed by atoms with van der Waals surface area (Å²) in [5, 5.41) is 3.95. The van der Waals surface area contributed by atoms with Gasteiger partial charge in [0.1, 0.15) is 5.75 Å². The van der Waals surface area contributed by atoms with Crippen molar-refractivity contribution in [3.8, 4) is 5.75 Å². The number of hydrogen-bond acceptors (Lipinski definition) is 6. The van der Waals surface area contributed by atoms with Gasteiger partial charge in [0, 0.05) is 13.0 Å². The summed E-state index contributed by atoms with van der Waals surface area (Å²) in [6.07, 6.45) is 1.54. The molecule has 0 aliphatic heterocycles. The van der Waals surface area contributed by atoms with Gasteiger partial charge in [-0.2, -0.15) is 4.98 Å². The van der Waals surface area contributed by atoms with Gasteiger partial charge in [0.25, 0.3) is 0 Å². The monoisotopic (exact) mass is 290 g/mol. The van der Waals surface area contributed by atoms with E-state index < -0.39 is 0 Å². The van der Waals surface area contributed by atoms with Crippen LogP contribution < -0.4 is 10.5 Å². The summed E-state index contributed by atoms with van der Waals surface area (Å²) >= 11 is 0. The summed E-state index contributed by atoms with van der Waals surface area (Å²) < 4.78 is 10.4. The molecule has 0 saturated heterocycles. The molecule has 2 rings (SSSR count). The Morgan fingerprint density at radius 2 is 1.95 bits per heavy atom. The fourth-order valence-electron chi connectivity index (χ4n) is 2.04. The Labute approximate surface area is 124 Å². The molecule has 0 spiro atoms. The van der Waals surface area contributed by atoms with Crippen molar-refractivity contribution in [1.82, 2.24) is 15.0 Å². The van der Waals surface area contributed by atoms with E-state index in [2.05, 4.69) is 10.1 Å². The summed E-state index contributed by atoms with van der Waals surface area (Å²) in [5.41, 5.74) is 7.21. The number of hydrogen-bond donors (Lipinski definition) is 1. The molecule has 0 bridgehead atoms. The Morgan fingerprint density at radius 3 is 2.57 bits per heavy atom. The normalized spacial score (nSPS) is 12.6. The van der Waals surface area contributed by atoms with Gasteiger partial charge < -0.3 is 19.9 Å². The third kappa shape index (κ3) is 4.54. The van der Waals surface area contributed by atoms with E-state index in [1.165, 1.54) is 5.56 Å². The van der Waals surface area contributed by atoms with E-state index in [0.717, 1.165) is 12.2 Å². The van der Waals surface area contributed by atoms with Crippen molar-refractivity contribution in [2.75, 3.05) is 27.7 Å². The molecule has 1 aromatic heterocycles. The predicted octanol–water partition coefficient (Wildman–Crippen LogP) is 1.42. The molecule has 114 valence electrons. The first-order valence-corrected chi connectivity index (χ1v) is 6.94. The number of benzene rings is 1. The van der Waals surface area contributed by atoms with Crippen molar-refractivity contribution in [3.63, 3.8) is 0 Å². The van der Waals surface area contributed by atoms with E-state index in [9.17, 15) is 0 Å². The summed E-state index contributed by atoms with van der Waals surface area (Å²) in [7, 11) is 5.58. The molecule has 0 radical (unpaired) electrons. The number of nitrogens with zero attached hydrogens (tertiary/aromatic N) is 3. The predicted molar refractivity (Wildman–Crippen MR) is 80.2 cm³/mol. The number of ether oxygens (including phenoxy) is 1. The SMILES string of the molecule is COc1ccc(CCc2nc(C(N)CN(C)C)no2)cc1. The number of aromatic nitrogens is 2. The van der Waals surface area contributed by atoms with Crippen LogP contribution in [0.15, 0.2) is 28.8 Å². The van der Waals surface area contributed by atoms with Crippen molar-refractivity contribution in [3.05, 3.63) is 41.5 Å². The van der Waals surface area contributed by atoms with Gasteiger partial charge in [-0.15, -0.1) is 0 Å². The van der Waals surface area contributed by atoms with Crippen LogP contribution in [0.4, 0.5) is 0 Å². The van der Waals surface area contributed by atoms with Gasteiger partial charge in [-0.25, -0.2) is 0 Å². The molecule has 6 nitrogen and oxygen atoms in total. The first-order chi connectivity index (χ1) is 10.1. The van der Waals surface area contributed by atoms with Crippen molar-refractivity contribution < 1.29 is 9.26 Å². The van der Waals surface area contributed by atoms with Gasteiger partial charge in [-0.05, 0) is 38.2 Å². The lowest BCUT2D eigenvalue weighted by Gasteiger charge is -2.12. The molecule has 1 aromatic carbocycles. The molecule has 0 saturated carbocycles. The maximum absolute atomic E-state index is 6.01. The molecule has 2 N–H and O–H groups in total. The zero-order chi connectivity index (χ0) is 15.2. The Hall–Kier alpha value is -1.92. The molecular weight excluding hydrogens is 268 g/mol. The van der Waals surface area contributed by atoms with E-state index in [4.69, 9.17) is 15.0 Å². The lowest BCUT2D eigenvalue weighted by atomic mass is 10.1. The summed E-state index contributed by atoms with van der Waals surface area (Å²) in [6, 6.07) is 7.74. The van der Waals surface area contributed by atoms with Crippen LogP contribution in [-0.4, -0.2) is 42.8 Å². The minimum absolute atomic E-state index is 0.224. The molecule has 0 amide bonds. The van der Waals surface area contributed by atoms with Crippen LogP contribution in [0.25, 0.3) is 0 Å². The highest BCUT2D eigenvalue weighted by atomic mass is 16.5. The van der Waals surface area contributed by atoms with Gasteiger partial charge in [0.05, 0.1) is 13.2 Å². The lowest BCUT2D eigenvalue weighted by Crippen LogP contribution is -2.26. The van der Waals surface area contributed by atoms with E-state index >= 15 is 0 Å². The Morgan fingerprint density at radius 1 is 1.24 bits per heavy atom. The van der Waals surface area contributed by atoms with Crippen LogP contribution in [-0.2, 0) is 12.8 Å². The topological polar surface area (TPSA) is 77.4 Å². The van der Waals surface area contributed by atoms with Crippen LogP contribution in [0.1, 0.15) is 23.3 Å². The summed E-state index contributed by atoms with van der Waals surface area (Å²) in [5.74, 6) is 2.04. The lowest BCUT2D eigenvalue weighted by molar-refractivity contribution is 0.346. The Bertz CT molecular complexity index is 551. The summed E-state index contributed by atoms with van der Waals surface area (Å²) in [4.78, 5) is 6.36. The zero-order valence-electron chi connectivity index (χ0n) is 12.7. The van der Waals surface area contributed by atoms with Crippen molar-refractivity contribution in [1.29, 1.82) is 0 Å². The molecule has 6 heteroatoms. The molecule has 0 fully saturated rings. The third-order valence-electron chi connectivity index (χ3n) is 3.16. The molecule has 1 unspecified atom stereocenters. The molecule has 1 atom stereocenters. The second-order valence-corrected chi connectivity index (χ2v) is 5.26. The quantitative estimate of drug-likeness (QED) is 0.831. The third-order valence-corrected chi connectivity index (χ3v) is 3.16. The maximum atomic E-state index is 6.01. The van der Waals surface area contributed by atoms with Gasteiger partial charge in [0.15, 0.2) is 5.82 Å². The fraction of sp³-hybridized carbons (Fsp3) is 0.467. The van der Waals surface area contributed by atoms with E-state index in [1.807, 2.05) is 43.3 Å². The fourth-order valence-corrected chi connectivity index (χ4v) is 2.04. The van der Waals surface area contributed by atoms with Gasteiger partial charge >= 0.3 is 0 Å². The second kappa shape index (κ2) is 7.19. The smallest absolute Gasteiger partial charge is 0.227 e. The van der Waals surface area contributed by atoms with Crippen molar-refractivity contribution >= 4 is 0 Å². The highest BCUT2D eigenvalue weighted by Crippen LogP contribution is 2.14. The molecule has 21 heavy (non-hydrogen) atoms. The first-order valence-electron chi connectivity index (χ1n) is 6.94. The highest BCUT2D eigenvalue weighted by Gasteiger charge is 2.14. The Balaban J connectivity index is 1.90. The minimum atomic E-state index is -0.224. The largest absolute Gasteiger partial charge is 0.497 e. The molecular formula is C15H22N4O2. The average molecular weight is 290 g/mol. The van der Waals surface area contributed by atoms with Crippen LogP contribution in [0.5, 0.6) is 5.75 Å².